The number of aromatic nitrogens is 1. The molecule has 30 heavy (non-hydrogen) atoms. The maximum atomic E-state index is 11.6. The molecule has 0 aliphatic heterocycles. The third-order valence-electron chi connectivity index (χ3n) is 4.32. The molecule has 0 aliphatic carbocycles. The Labute approximate surface area is 177 Å². The normalized spacial score (nSPS) is 11.1. The standard InChI is InChI=1S/C22H19N3O4S/c1-14-13-30-22(24-14)25-23-11-18-17-6-4-3-5-15(17)7-9-19(18)28-12-16-8-10-20(29-16)21(26)27-2/h3-11,13H,12H2,1-2H3,(H,24,25). The maximum Gasteiger partial charge on any atom is 0.373 e. The summed E-state index contributed by atoms with van der Waals surface area (Å²) < 4.78 is 16.1. The first kappa shape index (κ1) is 19.7. The lowest BCUT2D eigenvalue weighted by molar-refractivity contribution is 0.0561. The molecule has 2 aromatic heterocycles. The molecule has 0 atom stereocenters. The van der Waals surface area contributed by atoms with E-state index >= 15 is 0 Å². The summed E-state index contributed by atoms with van der Waals surface area (Å²) >= 11 is 1.49. The largest absolute Gasteiger partial charge is 0.485 e. The van der Waals surface area contributed by atoms with Crippen molar-refractivity contribution in [3.05, 3.63) is 76.7 Å². The number of esters is 1. The van der Waals surface area contributed by atoms with E-state index in [1.807, 2.05) is 48.7 Å². The van der Waals surface area contributed by atoms with Gasteiger partial charge in [-0.2, -0.15) is 5.10 Å². The van der Waals surface area contributed by atoms with Gasteiger partial charge in [-0.1, -0.05) is 30.3 Å². The third-order valence-corrected chi connectivity index (χ3v) is 5.19. The van der Waals surface area contributed by atoms with Gasteiger partial charge in [0, 0.05) is 10.9 Å². The Hall–Kier alpha value is -3.65. The van der Waals surface area contributed by atoms with Gasteiger partial charge in [0.2, 0.25) is 10.9 Å². The number of nitrogens with zero attached hydrogens (tertiary/aromatic N) is 2. The van der Waals surface area contributed by atoms with Crippen LogP contribution in [0.25, 0.3) is 10.8 Å². The fourth-order valence-corrected chi connectivity index (χ4v) is 3.54. The predicted molar refractivity (Wildman–Crippen MR) is 116 cm³/mol. The van der Waals surface area contributed by atoms with Crippen molar-refractivity contribution < 1.29 is 18.7 Å². The Morgan fingerprint density at radius 3 is 2.90 bits per heavy atom. The SMILES string of the molecule is COC(=O)c1ccc(COc2ccc3ccccc3c2C=NNc2nc(C)cs2)o1. The van der Waals surface area contributed by atoms with Gasteiger partial charge in [-0.05, 0) is 35.9 Å². The van der Waals surface area contributed by atoms with E-state index in [0.717, 1.165) is 27.2 Å². The van der Waals surface area contributed by atoms with E-state index in [4.69, 9.17) is 9.15 Å². The molecule has 0 bridgehead atoms. The second kappa shape index (κ2) is 8.79. The molecule has 0 saturated carbocycles. The summed E-state index contributed by atoms with van der Waals surface area (Å²) in [5.74, 6) is 0.774. The average molecular weight is 421 g/mol. The summed E-state index contributed by atoms with van der Waals surface area (Å²) in [6.45, 7) is 2.09. The lowest BCUT2D eigenvalue weighted by atomic mass is 10.0. The number of rotatable bonds is 7. The molecule has 7 nitrogen and oxygen atoms in total. The molecule has 0 spiro atoms. The molecule has 0 saturated heterocycles. The molecular formula is C22H19N3O4S. The Morgan fingerprint density at radius 2 is 2.10 bits per heavy atom. The molecule has 8 heteroatoms. The summed E-state index contributed by atoms with van der Waals surface area (Å²) in [5.41, 5.74) is 4.72. The highest BCUT2D eigenvalue weighted by molar-refractivity contribution is 7.13. The van der Waals surface area contributed by atoms with Crippen LogP contribution in [0.2, 0.25) is 0 Å². The number of aryl methyl sites for hydroxylation is 1. The second-order valence-electron chi connectivity index (χ2n) is 6.41. The van der Waals surface area contributed by atoms with Gasteiger partial charge in [-0.25, -0.2) is 9.78 Å². The van der Waals surface area contributed by atoms with Gasteiger partial charge in [-0.3, -0.25) is 5.43 Å². The van der Waals surface area contributed by atoms with E-state index in [1.54, 1.807) is 18.3 Å². The molecule has 4 aromatic rings. The highest BCUT2D eigenvalue weighted by atomic mass is 32.1. The Morgan fingerprint density at radius 1 is 1.23 bits per heavy atom. The number of hydrogen-bond acceptors (Lipinski definition) is 8. The maximum absolute atomic E-state index is 11.6. The first-order valence-corrected chi connectivity index (χ1v) is 10.0. The molecule has 1 N–H and O–H groups in total. The predicted octanol–water partition coefficient (Wildman–Crippen LogP) is 5.01. The van der Waals surface area contributed by atoms with E-state index in [1.165, 1.54) is 18.4 Å². The van der Waals surface area contributed by atoms with Crippen molar-refractivity contribution in [3.63, 3.8) is 0 Å². The molecule has 0 radical (unpaired) electrons. The van der Waals surface area contributed by atoms with E-state index in [0.29, 0.717) is 11.5 Å². The number of methoxy groups -OCH3 is 1. The number of hydrogen-bond donors (Lipinski definition) is 1. The number of carbonyl (C=O) groups excluding carboxylic acids is 1. The van der Waals surface area contributed by atoms with Crippen LogP contribution < -0.4 is 10.2 Å². The minimum Gasteiger partial charge on any atom is -0.485 e. The first-order valence-electron chi connectivity index (χ1n) is 9.17. The highest BCUT2D eigenvalue weighted by Crippen LogP contribution is 2.28. The van der Waals surface area contributed by atoms with Crippen LogP contribution >= 0.6 is 11.3 Å². The number of furan rings is 1. The smallest absolute Gasteiger partial charge is 0.373 e. The Balaban J connectivity index is 1.58. The Kier molecular flexibility index (Phi) is 5.76. The van der Waals surface area contributed by atoms with Gasteiger partial charge in [0.1, 0.15) is 18.1 Å². The molecule has 152 valence electrons. The van der Waals surface area contributed by atoms with Crippen molar-refractivity contribution >= 4 is 39.4 Å². The number of fused-ring (bicyclic) bond motifs is 1. The molecule has 0 amide bonds. The summed E-state index contributed by atoms with van der Waals surface area (Å²) in [5, 5.41) is 9.09. The average Bonchev–Trinajstić information content (AvgIpc) is 3.41. The monoisotopic (exact) mass is 421 g/mol. The molecule has 0 unspecified atom stereocenters. The topological polar surface area (TPSA) is 86.0 Å². The summed E-state index contributed by atoms with van der Waals surface area (Å²) in [4.78, 5) is 15.9. The van der Waals surface area contributed by atoms with Crippen LogP contribution in [-0.4, -0.2) is 24.3 Å². The second-order valence-corrected chi connectivity index (χ2v) is 7.27. The van der Waals surface area contributed by atoms with Crippen LogP contribution in [0.3, 0.4) is 0 Å². The minimum atomic E-state index is -0.525. The fraction of sp³-hybridized carbons (Fsp3) is 0.136. The van der Waals surface area contributed by atoms with Crippen molar-refractivity contribution in [2.45, 2.75) is 13.5 Å². The van der Waals surface area contributed by atoms with Crippen LogP contribution in [0.5, 0.6) is 5.75 Å². The zero-order chi connectivity index (χ0) is 20.9. The van der Waals surface area contributed by atoms with Crippen LogP contribution in [0.1, 0.15) is 27.6 Å². The highest BCUT2D eigenvalue weighted by Gasteiger charge is 2.13. The van der Waals surface area contributed by atoms with Gasteiger partial charge in [-0.15, -0.1) is 11.3 Å². The molecular weight excluding hydrogens is 402 g/mol. The van der Waals surface area contributed by atoms with E-state index in [-0.39, 0.29) is 12.4 Å². The van der Waals surface area contributed by atoms with Crippen LogP contribution in [0, 0.1) is 6.92 Å². The summed E-state index contributed by atoms with van der Waals surface area (Å²) in [7, 11) is 1.31. The van der Waals surface area contributed by atoms with Crippen molar-refractivity contribution in [1.29, 1.82) is 0 Å². The lowest BCUT2D eigenvalue weighted by Crippen LogP contribution is -2.00. The quantitative estimate of drug-likeness (QED) is 0.256. The molecule has 0 fully saturated rings. The first-order chi connectivity index (χ1) is 14.6. The number of carbonyl (C=O) groups is 1. The van der Waals surface area contributed by atoms with E-state index in [2.05, 4.69) is 20.2 Å². The van der Waals surface area contributed by atoms with Crippen LogP contribution in [-0.2, 0) is 11.3 Å². The molecule has 0 aliphatic rings. The molecule has 2 heterocycles. The zero-order valence-corrected chi connectivity index (χ0v) is 17.2. The number of hydrazone groups is 1. The lowest BCUT2D eigenvalue weighted by Gasteiger charge is -2.11. The number of nitrogens with one attached hydrogen (secondary N) is 1. The van der Waals surface area contributed by atoms with Crippen molar-refractivity contribution in [3.8, 4) is 5.75 Å². The molecule has 4 rings (SSSR count). The fourth-order valence-electron chi connectivity index (χ4n) is 2.91. The summed E-state index contributed by atoms with van der Waals surface area (Å²) in [6.07, 6.45) is 1.72. The zero-order valence-electron chi connectivity index (χ0n) is 16.4. The van der Waals surface area contributed by atoms with Gasteiger partial charge in [0.15, 0.2) is 0 Å². The number of ether oxygens (including phenoxy) is 2. The van der Waals surface area contributed by atoms with Gasteiger partial charge in [0.25, 0.3) is 0 Å². The minimum absolute atomic E-state index is 0.138. The van der Waals surface area contributed by atoms with Crippen molar-refractivity contribution in [2.24, 2.45) is 5.10 Å². The van der Waals surface area contributed by atoms with Crippen LogP contribution in [0.15, 0.2) is 63.4 Å². The number of benzene rings is 2. The third kappa shape index (κ3) is 4.33. The van der Waals surface area contributed by atoms with Gasteiger partial charge >= 0.3 is 5.97 Å². The van der Waals surface area contributed by atoms with E-state index in [9.17, 15) is 4.79 Å². The molecule has 2 aromatic carbocycles. The number of thiazole rings is 1. The van der Waals surface area contributed by atoms with Gasteiger partial charge in [0.05, 0.1) is 19.0 Å². The van der Waals surface area contributed by atoms with Crippen molar-refractivity contribution in [2.75, 3.05) is 12.5 Å². The van der Waals surface area contributed by atoms with E-state index < -0.39 is 5.97 Å². The van der Waals surface area contributed by atoms with Crippen molar-refractivity contribution in [1.82, 2.24) is 4.98 Å². The van der Waals surface area contributed by atoms with Gasteiger partial charge < -0.3 is 13.9 Å². The summed E-state index contributed by atoms with van der Waals surface area (Å²) in [6, 6.07) is 15.1. The number of anilines is 1. The van der Waals surface area contributed by atoms with Crippen LogP contribution in [0.4, 0.5) is 5.13 Å². The Bertz CT molecular complexity index is 1210.